The van der Waals surface area contributed by atoms with Gasteiger partial charge in [-0.15, -0.1) is 0 Å². The molecule has 1 unspecified atom stereocenters. The van der Waals surface area contributed by atoms with Crippen molar-refractivity contribution in [2.24, 2.45) is 0 Å². The van der Waals surface area contributed by atoms with E-state index in [0.29, 0.717) is 0 Å². The average molecular weight is 171 g/mol. The van der Waals surface area contributed by atoms with Crippen LogP contribution in [0.3, 0.4) is 0 Å². The molecule has 1 aromatic rings. The van der Waals surface area contributed by atoms with Gasteiger partial charge < -0.3 is 9.50 Å². The predicted molar refractivity (Wildman–Crippen MR) is 42.2 cm³/mol. The predicted octanol–water partition coefficient (Wildman–Crippen LogP) is 0.160. The van der Waals surface area contributed by atoms with Gasteiger partial charge in [-0.3, -0.25) is 4.79 Å². The largest absolute Gasteiger partial charge is 0.417 e. The molecule has 0 aliphatic rings. The molecule has 0 aromatic carbocycles. The molecule has 5 heteroatoms. The maximum atomic E-state index is 10.8. The Kier molecular flexibility index (Phi) is 2.39. The first kappa shape index (κ1) is 7.95. The van der Waals surface area contributed by atoms with E-state index in [9.17, 15) is 9.59 Å². The highest BCUT2D eigenvalue weighted by Crippen LogP contribution is 1.94. The normalized spacial score (nSPS) is 9.18. The van der Waals surface area contributed by atoms with Gasteiger partial charge in [-0.1, -0.05) is 6.07 Å². The summed E-state index contributed by atoms with van der Waals surface area (Å²) >= 11 is 0. The molecule has 1 amide bonds. The second-order valence-corrected chi connectivity index (χ2v) is 2.07. The van der Waals surface area contributed by atoms with Gasteiger partial charge in [-0.05, 0) is 15.5 Å². The van der Waals surface area contributed by atoms with Crippen molar-refractivity contribution in [2.75, 3.05) is 0 Å². The number of rotatable bonds is 1. The Labute approximate surface area is 64.9 Å². The second kappa shape index (κ2) is 3.30. The molecule has 0 saturated heterocycles. The third-order valence-electron chi connectivity index (χ3n) is 1.05. The van der Waals surface area contributed by atoms with Crippen LogP contribution in [0.5, 0.6) is 0 Å². The number of carbonyl (C=O) groups excluding carboxylic acids is 1. The van der Waals surface area contributed by atoms with Crippen LogP contribution in [0.2, 0.25) is 0 Å². The van der Waals surface area contributed by atoms with E-state index in [-0.39, 0.29) is 5.76 Å². The summed E-state index contributed by atoms with van der Waals surface area (Å²) in [6.07, 6.45) is 0. The quantitative estimate of drug-likeness (QED) is 0.612. The fraction of sp³-hybridized carbons (Fsp3) is 0. The summed E-state index contributed by atoms with van der Waals surface area (Å²) in [6.45, 7) is 0. The minimum Gasteiger partial charge on any atom is -0.417 e. The van der Waals surface area contributed by atoms with Crippen molar-refractivity contribution >= 4 is 15.3 Å². The smallest absolute Gasteiger partial charge is 0.336 e. The van der Waals surface area contributed by atoms with Crippen LogP contribution >= 0.6 is 9.39 Å². The number of nitrogens with one attached hydrogen (secondary N) is 1. The van der Waals surface area contributed by atoms with Crippen LogP contribution in [-0.4, -0.2) is 5.91 Å². The molecule has 58 valence electrons. The van der Waals surface area contributed by atoms with E-state index in [1.165, 1.54) is 18.2 Å². The number of amides is 1. The Balaban J connectivity index is 3.05. The fourth-order valence-corrected chi connectivity index (χ4v) is 0.726. The molecule has 1 atom stereocenters. The van der Waals surface area contributed by atoms with E-state index >= 15 is 0 Å². The maximum Gasteiger partial charge on any atom is 0.336 e. The van der Waals surface area contributed by atoms with Crippen LogP contribution in [0.4, 0.5) is 0 Å². The van der Waals surface area contributed by atoms with Crippen LogP contribution in [0, 0.1) is 0 Å². The summed E-state index contributed by atoms with van der Waals surface area (Å²) in [7, 11) is 2.02. The molecule has 1 rings (SSSR count). The zero-order valence-electron chi connectivity index (χ0n) is 5.53. The van der Waals surface area contributed by atoms with Gasteiger partial charge in [0.2, 0.25) is 0 Å². The summed E-state index contributed by atoms with van der Waals surface area (Å²) in [6, 6.07) is 4.11. The highest BCUT2D eigenvalue weighted by atomic mass is 31.0. The summed E-state index contributed by atoms with van der Waals surface area (Å²) in [5.41, 5.74) is -0.531. The van der Waals surface area contributed by atoms with Crippen LogP contribution in [0.15, 0.2) is 27.4 Å². The fourth-order valence-electron chi connectivity index (χ4n) is 0.584. The van der Waals surface area contributed by atoms with E-state index in [4.69, 9.17) is 0 Å². The lowest BCUT2D eigenvalue weighted by Gasteiger charge is -1.94. The van der Waals surface area contributed by atoms with Gasteiger partial charge in [0.25, 0.3) is 5.91 Å². The first-order valence-corrected chi connectivity index (χ1v) is 3.43. The summed E-state index contributed by atoms with van der Waals surface area (Å²) in [5.74, 6) is -0.430. The summed E-state index contributed by atoms with van der Waals surface area (Å²) in [4.78, 5) is 21.4. The molecule has 0 spiro atoms. The van der Waals surface area contributed by atoms with Crippen molar-refractivity contribution in [3.63, 3.8) is 0 Å². The van der Waals surface area contributed by atoms with Crippen molar-refractivity contribution in [3.8, 4) is 0 Å². The zero-order chi connectivity index (χ0) is 8.27. The highest BCUT2D eigenvalue weighted by molar-refractivity contribution is 7.15. The van der Waals surface area contributed by atoms with Gasteiger partial charge in [-0.2, -0.15) is 0 Å². The van der Waals surface area contributed by atoms with Crippen molar-refractivity contribution in [1.29, 1.82) is 0 Å². The van der Waals surface area contributed by atoms with Gasteiger partial charge in [-0.25, -0.2) is 4.79 Å². The third kappa shape index (κ3) is 1.88. The molecule has 1 heterocycles. The molecular weight excluding hydrogens is 165 g/mol. The molecule has 0 aliphatic carbocycles. The van der Waals surface area contributed by atoms with E-state index in [2.05, 4.69) is 9.50 Å². The van der Waals surface area contributed by atoms with Crippen molar-refractivity contribution < 1.29 is 9.21 Å². The van der Waals surface area contributed by atoms with Crippen molar-refractivity contribution in [2.45, 2.75) is 0 Å². The molecule has 0 saturated carbocycles. The lowest BCUT2D eigenvalue weighted by molar-refractivity contribution is 0.0952. The van der Waals surface area contributed by atoms with E-state index in [1.54, 1.807) is 0 Å². The molecule has 11 heavy (non-hydrogen) atoms. The summed E-state index contributed by atoms with van der Waals surface area (Å²) in [5, 5.41) is 2.25. The third-order valence-corrected chi connectivity index (χ3v) is 1.31. The standard InChI is InChI=1S/C6H6NO3P/c8-5-3-1-2-4(10-5)6(9)7-11/h1-3H,11H2,(H,7,9). The van der Waals surface area contributed by atoms with Crippen molar-refractivity contribution in [3.05, 3.63) is 34.4 Å². The van der Waals surface area contributed by atoms with Gasteiger partial charge >= 0.3 is 5.63 Å². The average Bonchev–Trinajstić information content (AvgIpc) is 2.03. The van der Waals surface area contributed by atoms with E-state index < -0.39 is 11.5 Å². The van der Waals surface area contributed by atoms with Crippen molar-refractivity contribution in [1.82, 2.24) is 5.09 Å². The molecular formula is C6H6NO3P. The molecule has 1 aromatic heterocycles. The Morgan fingerprint density at radius 1 is 1.55 bits per heavy atom. The van der Waals surface area contributed by atoms with E-state index in [1.807, 2.05) is 9.39 Å². The Morgan fingerprint density at radius 3 is 2.82 bits per heavy atom. The van der Waals surface area contributed by atoms with E-state index in [0.717, 1.165) is 0 Å². The van der Waals surface area contributed by atoms with Crippen LogP contribution in [0.25, 0.3) is 0 Å². The first-order valence-electron chi connectivity index (χ1n) is 2.85. The second-order valence-electron chi connectivity index (χ2n) is 1.78. The minimum absolute atomic E-state index is 0.00694. The SMILES string of the molecule is O=C(NP)c1cccc(=O)o1. The van der Waals surface area contributed by atoms with Crippen LogP contribution in [0.1, 0.15) is 10.6 Å². The summed E-state index contributed by atoms with van der Waals surface area (Å²) < 4.78 is 4.55. The molecule has 0 aliphatic heterocycles. The monoisotopic (exact) mass is 171 g/mol. The zero-order valence-corrected chi connectivity index (χ0v) is 6.69. The molecule has 1 N–H and O–H groups in total. The maximum absolute atomic E-state index is 10.8. The minimum atomic E-state index is -0.531. The Hall–Kier alpha value is -1.15. The molecule has 0 fully saturated rings. The van der Waals surface area contributed by atoms with Crippen LogP contribution < -0.4 is 10.7 Å². The van der Waals surface area contributed by atoms with Gasteiger partial charge in [0, 0.05) is 6.07 Å². The number of hydrogen-bond acceptors (Lipinski definition) is 3. The van der Waals surface area contributed by atoms with Gasteiger partial charge in [0.1, 0.15) is 0 Å². The lowest BCUT2D eigenvalue weighted by Crippen LogP contribution is -2.13. The first-order chi connectivity index (χ1) is 5.24. The lowest BCUT2D eigenvalue weighted by atomic mass is 10.4. The molecule has 4 nitrogen and oxygen atoms in total. The molecule has 0 radical (unpaired) electrons. The Morgan fingerprint density at radius 2 is 2.27 bits per heavy atom. The van der Waals surface area contributed by atoms with Crippen LogP contribution in [-0.2, 0) is 0 Å². The molecule has 0 bridgehead atoms. The topological polar surface area (TPSA) is 59.3 Å². The van der Waals surface area contributed by atoms with Gasteiger partial charge in [0.05, 0.1) is 0 Å². The Bertz CT molecular complexity index is 320. The van der Waals surface area contributed by atoms with Gasteiger partial charge in [0.15, 0.2) is 5.76 Å². The highest BCUT2D eigenvalue weighted by Gasteiger charge is 2.04. The number of hydrogen-bond donors (Lipinski definition) is 1. The number of carbonyl (C=O) groups is 1.